The highest BCUT2D eigenvalue weighted by atomic mass is 16.5. The van der Waals surface area contributed by atoms with Crippen molar-refractivity contribution in [2.24, 2.45) is 5.92 Å². The number of ether oxygens (including phenoxy) is 2. The first-order valence-electron chi connectivity index (χ1n) is 5.71. The molecule has 2 radical (unpaired) electrons. The molecule has 0 saturated heterocycles. The SMILES string of the molecule is [B]C(OCC(=O)NC)C(CC)C(CC)OC. The lowest BCUT2D eigenvalue weighted by molar-refractivity contribution is -0.127. The first kappa shape index (κ1) is 15.5. The molecule has 0 aromatic carbocycles. The number of nitrogens with one attached hydrogen (secondary N) is 1. The van der Waals surface area contributed by atoms with Crippen LogP contribution in [0.25, 0.3) is 0 Å². The molecule has 1 amide bonds. The van der Waals surface area contributed by atoms with Crippen LogP contribution in [0.4, 0.5) is 0 Å². The molecule has 0 bridgehead atoms. The van der Waals surface area contributed by atoms with E-state index in [1.165, 1.54) is 0 Å². The third kappa shape index (κ3) is 4.99. The fourth-order valence-corrected chi connectivity index (χ4v) is 1.72. The minimum Gasteiger partial charge on any atom is -0.381 e. The summed E-state index contributed by atoms with van der Waals surface area (Å²) in [5.74, 6) is -0.0598. The number of methoxy groups -OCH3 is 1. The van der Waals surface area contributed by atoms with Gasteiger partial charge in [0.2, 0.25) is 5.91 Å². The molecule has 0 saturated carbocycles. The zero-order valence-corrected chi connectivity index (χ0v) is 10.7. The number of carbonyl (C=O) groups is 1. The van der Waals surface area contributed by atoms with Crippen LogP contribution in [0.5, 0.6) is 0 Å². The quantitative estimate of drug-likeness (QED) is 0.621. The lowest BCUT2D eigenvalue weighted by Gasteiger charge is -2.29. The highest BCUT2D eigenvalue weighted by Gasteiger charge is 2.24. The summed E-state index contributed by atoms with van der Waals surface area (Å²) in [6.45, 7) is 4.08. The van der Waals surface area contributed by atoms with Crippen molar-refractivity contribution in [1.82, 2.24) is 5.32 Å². The van der Waals surface area contributed by atoms with E-state index in [2.05, 4.69) is 5.32 Å². The van der Waals surface area contributed by atoms with E-state index in [4.69, 9.17) is 17.3 Å². The lowest BCUT2D eigenvalue weighted by Crippen LogP contribution is -2.37. The van der Waals surface area contributed by atoms with Crippen LogP contribution in [0.2, 0.25) is 0 Å². The number of likely N-dealkylation sites (N-methyl/N-ethyl adjacent to an activating group) is 1. The van der Waals surface area contributed by atoms with Gasteiger partial charge in [-0.2, -0.15) is 0 Å². The third-order valence-corrected chi connectivity index (χ3v) is 2.76. The van der Waals surface area contributed by atoms with Gasteiger partial charge in [0.05, 0.1) is 6.10 Å². The smallest absolute Gasteiger partial charge is 0.245 e. The fraction of sp³-hybridized carbons (Fsp3) is 0.909. The summed E-state index contributed by atoms with van der Waals surface area (Å²) in [6, 6.07) is -0.466. The topological polar surface area (TPSA) is 47.6 Å². The maximum atomic E-state index is 11.0. The van der Waals surface area contributed by atoms with Crippen LogP contribution in [0.3, 0.4) is 0 Å². The van der Waals surface area contributed by atoms with Crippen molar-refractivity contribution in [3.05, 3.63) is 0 Å². The van der Waals surface area contributed by atoms with Crippen molar-refractivity contribution in [1.29, 1.82) is 0 Å². The van der Waals surface area contributed by atoms with Crippen LogP contribution < -0.4 is 5.32 Å². The Bertz CT molecular complexity index is 198. The molecule has 0 aliphatic heterocycles. The van der Waals surface area contributed by atoms with Crippen molar-refractivity contribution in [2.45, 2.75) is 38.8 Å². The van der Waals surface area contributed by atoms with E-state index in [1.54, 1.807) is 14.2 Å². The molecule has 0 fully saturated rings. The van der Waals surface area contributed by atoms with Gasteiger partial charge < -0.3 is 14.8 Å². The number of carbonyl (C=O) groups excluding carboxylic acids is 1. The van der Waals surface area contributed by atoms with Crippen LogP contribution in [-0.4, -0.2) is 46.6 Å². The minimum absolute atomic E-state index is 0.00564. The summed E-state index contributed by atoms with van der Waals surface area (Å²) in [6.07, 6.45) is 1.82. The standard InChI is InChI=1S/C11H22BNO3/c1-5-8(9(6-2)15-4)11(12)16-7-10(14)13-3/h8-9,11H,5-7H2,1-4H3,(H,13,14). The highest BCUT2D eigenvalue weighted by Crippen LogP contribution is 2.19. The average molecular weight is 227 g/mol. The van der Waals surface area contributed by atoms with Gasteiger partial charge in [0, 0.05) is 26.1 Å². The van der Waals surface area contributed by atoms with Crippen LogP contribution in [0, 0.1) is 5.92 Å². The molecule has 4 nitrogen and oxygen atoms in total. The molecule has 0 aromatic heterocycles. The Labute approximate surface area is 99.5 Å². The second-order valence-corrected chi connectivity index (χ2v) is 3.70. The van der Waals surface area contributed by atoms with Crippen molar-refractivity contribution < 1.29 is 14.3 Å². The summed E-state index contributed by atoms with van der Waals surface area (Å²) in [5.41, 5.74) is 0. The first-order chi connectivity index (χ1) is 7.60. The molecule has 92 valence electrons. The summed E-state index contributed by atoms with van der Waals surface area (Å²) >= 11 is 0. The van der Waals surface area contributed by atoms with Gasteiger partial charge in [-0.05, 0) is 12.8 Å². The van der Waals surface area contributed by atoms with Crippen LogP contribution in [-0.2, 0) is 14.3 Å². The Morgan fingerprint density at radius 1 is 1.38 bits per heavy atom. The average Bonchev–Trinajstić information content (AvgIpc) is 2.32. The molecular formula is C11H22BNO3. The molecule has 0 aliphatic rings. The van der Waals surface area contributed by atoms with E-state index in [0.29, 0.717) is 0 Å². The van der Waals surface area contributed by atoms with E-state index in [-0.39, 0.29) is 24.5 Å². The summed E-state index contributed by atoms with van der Waals surface area (Å²) in [5, 5.41) is 2.48. The minimum atomic E-state index is -0.466. The molecule has 3 unspecified atom stereocenters. The molecule has 1 N–H and O–H groups in total. The molecule has 0 aromatic rings. The Morgan fingerprint density at radius 3 is 2.38 bits per heavy atom. The molecule has 0 rings (SSSR count). The first-order valence-corrected chi connectivity index (χ1v) is 5.71. The van der Waals surface area contributed by atoms with Gasteiger partial charge in [0.25, 0.3) is 0 Å². The monoisotopic (exact) mass is 227 g/mol. The Morgan fingerprint density at radius 2 is 2.00 bits per heavy atom. The number of rotatable bonds is 8. The van der Waals surface area contributed by atoms with E-state index in [9.17, 15) is 4.79 Å². The van der Waals surface area contributed by atoms with E-state index < -0.39 is 6.00 Å². The van der Waals surface area contributed by atoms with Crippen molar-refractivity contribution in [3.63, 3.8) is 0 Å². The number of amides is 1. The van der Waals surface area contributed by atoms with E-state index in [0.717, 1.165) is 12.8 Å². The van der Waals surface area contributed by atoms with E-state index >= 15 is 0 Å². The Kier molecular flexibility index (Phi) is 8.30. The van der Waals surface area contributed by atoms with Crippen molar-refractivity contribution in [3.8, 4) is 0 Å². The second kappa shape index (κ2) is 8.59. The molecule has 5 heteroatoms. The van der Waals surface area contributed by atoms with Gasteiger partial charge >= 0.3 is 0 Å². The van der Waals surface area contributed by atoms with Gasteiger partial charge in [-0.25, -0.2) is 0 Å². The van der Waals surface area contributed by atoms with Gasteiger partial charge in [-0.15, -0.1) is 0 Å². The van der Waals surface area contributed by atoms with Gasteiger partial charge in [-0.1, -0.05) is 13.8 Å². The van der Waals surface area contributed by atoms with Crippen LogP contribution in [0.15, 0.2) is 0 Å². The highest BCUT2D eigenvalue weighted by molar-refractivity contribution is 6.11. The van der Waals surface area contributed by atoms with Crippen molar-refractivity contribution in [2.75, 3.05) is 20.8 Å². The molecule has 0 heterocycles. The maximum Gasteiger partial charge on any atom is 0.245 e. The van der Waals surface area contributed by atoms with E-state index in [1.807, 2.05) is 13.8 Å². The van der Waals surface area contributed by atoms with Gasteiger partial charge in [-0.3, -0.25) is 4.79 Å². The molecule has 0 aliphatic carbocycles. The second-order valence-electron chi connectivity index (χ2n) is 3.70. The number of hydrogen-bond acceptors (Lipinski definition) is 3. The molecule has 0 spiro atoms. The molecule has 3 atom stereocenters. The predicted molar refractivity (Wildman–Crippen MR) is 64.4 cm³/mol. The fourth-order valence-electron chi connectivity index (χ4n) is 1.72. The maximum absolute atomic E-state index is 11.0. The van der Waals surface area contributed by atoms with Gasteiger partial charge in [0.15, 0.2) is 0 Å². The van der Waals surface area contributed by atoms with Crippen LogP contribution in [0.1, 0.15) is 26.7 Å². The van der Waals surface area contributed by atoms with Crippen molar-refractivity contribution >= 4 is 13.8 Å². The largest absolute Gasteiger partial charge is 0.381 e. The predicted octanol–water partition coefficient (Wildman–Crippen LogP) is 0.695. The van der Waals surface area contributed by atoms with Gasteiger partial charge in [0.1, 0.15) is 14.5 Å². The summed E-state index contributed by atoms with van der Waals surface area (Å²) in [7, 11) is 9.14. The molecule has 16 heavy (non-hydrogen) atoms. The Balaban J connectivity index is 4.18. The number of hydrogen-bond donors (Lipinski definition) is 1. The third-order valence-electron chi connectivity index (χ3n) is 2.76. The zero-order valence-electron chi connectivity index (χ0n) is 10.7. The Hall–Kier alpha value is -0.545. The normalized spacial score (nSPS) is 16.5. The molecular weight excluding hydrogens is 205 g/mol. The summed E-state index contributed by atoms with van der Waals surface area (Å²) < 4.78 is 10.7. The van der Waals surface area contributed by atoms with Crippen LogP contribution >= 0.6 is 0 Å². The lowest BCUT2D eigenvalue weighted by atomic mass is 9.80. The summed E-state index contributed by atoms with van der Waals surface area (Å²) in [4.78, 5) is 11.0. The zero-order chi connectivity index (χ0) is 12.6.